The van der Waals surface area contributed by atoms with Crippen molar-refractivity contribution in [3.8, 4) is 23.0 Å². The molecule has 2 aliphatic heterocycles. The minimum atomic E-state index is -0.970. The largest absolute Gasteiger partial charge is 0.508 e. The van der Waals surface area contributed by atoms with Crippen LogP contribution in [0, 0.1) is 17.6 Å². The van der Waals surface area contributed by atoms with Gasteiger partial charge in [0.05, 0.1) is 29.3 Å². The third-order valence-electron chi connectivity index (χ3n) is 11.2. The van der Waals surface area contributed by atoms with E-state index >= 15 is 8.78 Å². The van der Waals surface area contributed by atoms with Gasteiger partial charge in [0.1, 0.15) is 41.4 Å². The molecule has 8 rings (SSSR count). The van der Waals surface area contributed by atoms with Gasteiger partial charge in [-0.05, 0) is 85.2 Å². The first-order valence-corrected chi connectivity index (χ1v) is 18.5. The van der Waals surface area contributed by atoms with E-state index in [-0.39, 0.29) is 76.5 Å². The summed E-state index contributed by atoms with van der Waals surface area (Å²) >= 11 is 0. The van der Waals surface area contributed by atoms with Crippen LogP contribution in [0.1, 0.15) is 60.8 Å². The lowest BCUT2D eigenvalue weighted by Gasteiger charge is -2.31. The second-order valence-electron chi connectivity index (χ2n) is 15.1. The number of benzene rings is 2. The molecule has 15 heteroatoms. The Morgan fingerprint density at radius 3 is 2.74 bits per heavy atom. The number of aromatic hydroxyl groups is 1. The van der Waals surface area contributed by atoms with Crippen molar-refractivity contribution in [3.05, 3.63) is 65.1 Å². The molecular formula is C39H43F3N8O4. The molecule has 1 amide bonds. The number of phenolic OH excluding ortho intramolecular Hbond substituents is 1. The quantitative estimate of drug-likeness (QED) is 0.156. The van der Waals surface area contributed by atoms with Crippen molar-refractivity contribution in [3.63, 3.8) is 0 Å². The van der Waals surface area contributed by atoms with Gasteiger partial charge >= 0.3 is 6.01 Å². The van der Waals surface area contributed by atoms with Crippen molar-refractivity contribution >= 4 is 33.4 Å². The second-order valence-corrected chi connectivity index (χ2v) is 15.1. The van der Waals surface area contributed by atoms with Crippen LogP contribution in [0.5, 0.6) is 11.8 Å². The number of phenols is 1. The molecule has 3 fully saturated rings. The van der Waals surface area contributed by atoms with E-state index in [0.29, 0.717) is 60.8 Å². The smallest absolute Gasteiger partial charge is 0.319 e. The lowest BCUT2D eigenvalue weighted by Crippen LogP contribution is -2.43. The lowest BCUT2D eigenvalue weighted by molar-refractivity contribution is 0.0332. The van der Waals surface area contributed by atoms with Crippen LogP contribution in [0.15, 0.2) is 36.5 Å². The molecule has 2 aromatic carbocycles. The number of halogens is 3. The third kappa shape index (κ3) is 6.46. The summed E-state index contributed by atoms with van der Waals surface area (Å²) in [5, 5.41) is 29.6. The van der Waals surface area contributed by atoms with Crippen molar-refractivity contribution in [2.75, 3.05) is 39.1 Å². The minimum Gasteiger partial charge on any atom is -0.508 e. The van der Waals surface area contributed by atoms with Gasteiger partial charge in [0.25, 0.3) is 5.91 Å². The number of hydrogen-bond acceptors (Lipinski definition) is 10. The van der Waals surface area contributed by atoms with Gasteiger partial charge in [-0.15, -0.1) is 0 Å². The van der Waals surface area contributed by atoms with Gasteiger partial charge in [0, 0.05) is 45.4 Å². The predicted molar refractivity (Wildman–Crippen MR) is 196 cm³/mol. The molecule has 12 nitrogen and oxygen atoms in total. The Morgan fingerprint density at radius 2 is 1.98 bits per heavy atom. The Morgan fingerprint density at radius 1 is 1.17 bits per heavy atom. The number of hydrogen-bond donors (Lipinski definition) is 3. The van der Waals surface area contributed by atoms with Crippen molar-refractivity contribution in [2.45, 2.75) is 76.4 Å². The lowest BCUT2D eigenvalue weighted by atomic mass is 9.82. The zero-order valence-electron chi connectivity index (χ0n) is 30.4. The first kappa shape index (κ1) is 36.0. The molecule has 1 saturated carbocycles. The highest BCUT2D eigenvalue weighted by Crippen LogP contribution is 2.42. The number of pyridine rings is 1. The number of amides is 1. The number of rotatable bonds is 11. The molecule has 0 bridgehead atoms. The summed E-state index contributed by atoms with van der Waals surface area (Å²) in [6.07, 6.45) is 3.69. The number of alkyl halides is 1. The summed E-state index contributed by atoms with van der Waals surface area (Å²) in [5.41, 5.74) is 0.737. The van der Waals surface area contributed by atoms with Crippen LogP contribution in [0.4, 0.5) is 19.0 Å². The Hall–Kier alpha value is -5.02. The molecule has 3 aliphatic rings. The SMILES string of the molecule is CCc1c(F)ccc2cc(O)cc(-c3ncc4c(NCc5cc(C(=O)N(C)C)nn5C[C@H]5C[C@H](O)C5)nc(OC[C@@]56CCCN5C[C@H](F)C6)nc4c3F)c12. The zero-order chi connectivity index (χ0) is 37.9. The summed E-state index contributed by atoms with van der Waals surface area (Å²) < 4.78 is 54.6. The van der Waals surface area contributed by atoms with Crippen molar-refractivity contribution < 1.29 is 32.9 Å². The monoisotopic (exact) mass is 744 g/mol. The number of aliphatic hydroxyl groups is 1. The highest BCUT2D eigenvalue weighted by molar-refractivity contribution is 6.01. The first-order valence-electron chi connectivity index (χ1n) is 18.5. The number of fused-ring (bicyclic) bond motifs is 3. The second kappa shape index (κ2) is 14.0. The van der Waals surface area contributed by atoms with E-state index in [0.717, 1.165) is 19.4 Å². The van der Waals surface area contributed by atoms with E-state index in [4.69, 9.17) is 4.74 Å². The van der Waals surface area contributed by atoms with Crippen LogP contribution in [-0.2, 0) is 19.5 Å². The van der Waals surface area contributed by atoms with Gasteiger partial charge in [-0.3, -0.25) is 19.4 Å². The molecule has 3 aromatic heterocycles. The van der Waals surface area contributed by atoms with Crippen LogP contribution in [0.2, 0.25) is 0 Å². The molecule has 0 spiro atoms. The number of carbonyl (C=O) groups is 1. The molecule has 2 atom stereocenters. The molecule has 5 aromatic rings. The summed E-state index contributed by atoms with van der Waals surface area (Å²) in [7, 11) is 3.30. The topological polar surface area (TPSA) is 142 Å². The molecule has 0 radical (unpaired) electrons. The van der Waals surface area contributed by atoms with E-state index in [2.05, 4.69) is 30.3 Å². The minimum absolute atomic E-state index is 0.115. The molecule has 1 aliphatic carbocycles. The van der Waals surface area contributed by atoms with Crippen LogP contribution < -0.4 is 10.1 Å². The average molecular weight is 745 g/mol. The van der Waals surface area contributed by atoms with Gasteiger partial charge in [-0.1, -0.05) is 13.0 Å². The number of carbonyl (C=O) groups excluding carboxylic acids is 1. The third-order valence-corrected chi connectivity index (χ3v) is 11.2. The Balaban J connectivity index is 1.21. The van der Waals surface area contributed by atoms with Crippen LogP contribution >= 0.6 is 0 Å². The Bertz CT molecular complexity index is 2260. The maximum atomic E-state index is 17.0. The molecule has 0 unspecified atom stereocenters. The van der Waals surface area contributed by atoms with Gasteiger partial charge in [-0.25, -0.2) is 13.2 Å². The van der Waals surface area contributed by atoms with Crippen LogP contribution in [0.3, 0.4) is 0 Å². The van der Waals surface area contributed by atoms with Gasteiger partial charge in [-0.2, -0.15) is 15.1 Å². The average Bonchev–Trinajstić information content (AvgIpc) is 3.80. The maximum absolute atomic E-state index is 17.0. The van der Waals surface area contributed by atoms with E-state index < -0.39 is 23.3 Å². The van der Waals surface area contributed by atoms with Crippen molar-refractivity contribution in [1.29, 1.82) is 0 Å². The van der Waals surface area contributed by atoms with Gasteiger partial charge in [0.15, 0.2) is 11.5 Å². The van der Waals surface area contributed by atoms with E-state index in [1.54, 1.807) is 31.8 Å². The predicted octanol–water partition coefficient (Wildman–Crippen LogP) is 5.63. The summed E-state index contributed by atoms with van der Waals surface area (Å²) in [6, 6.07) is 7.30. The van der Waals surface area contributed by atoms with Crippen molar-refractivity contribution in [2.24, 2.45) is 5.92 Å². The molecule has 5 heterocycles. The molecule has 54 heavy (non-hydrogen) atoms. The number of aromatic nitrogens is 5. The summed E-state index contributed by atoms with van der Waals surface area (Å²) in [6.45, 7) is 3.65. The number of aliphatic hydroxyl groups excluding tert-OH is 1. The Labute approximate surface area is 310 Å². The number of ether oxygens (including phenoxy) is 1. The number of aryl methyl sites for hydroxylation is 1. The zero-order valence-corrected chi connectivity index (χ0v) is 30.4. The maximum Gasteiger partial charge on any atom is 0.319 e. The first-order chi connectivity index (χ1) is 25.9. The highest BCUT2D eigenvalue weighted by Gasteiger charge is 2.49. The Kier molecular flexibility index (Phi) is 9.33. The standard InChI is InChI=1S/C39H43F3N8O4/c1-4-27-30(41)7-6-22-12-26(52)14-28(32(22)27)34-33(42)35-29(17-43-34)36(46-38(45-35)54-20-39-8-5-9-49(39)19-23(40)15-39)44-16-24-13-31(37(53)48(2)3)47-50(24)18-21-10-25(51)11-21/h6-7,12-14,17,21,23,25,51-52H,4-5,8-11,15-16,18-20H2,1-3H3,(H,44,45,46)/t21-,23-,25-,39+/m1/s1. The van der Waals surface area contributed by atoms with Crippen LogP contribution in [0.25, 0.3) is 32.9 Å². The number of anilines is 1. The number of nitrogens with zero attached hydrogens (tertiary/aromatic N) is 7. The van der Waals surface area contributed by atoms with E-state index in [9.17, 15) is 19.4 Å². The molecule has 2 saturated heterocycles. The van der Waals surface area contributed by atoms with Gasteiger partial charge in [0.2, 0.25) is 0 Å². The van der Waals surface area contributed by atoms with E-state index in [1.807, 2.05) is 0 Å². The fourth-order valence-electron chi connectivity index (χ4n) is 8.46. The normalized spacial score (nSPS) is 22.5. The summed E-state index contributed by atoms with van der Waals surface area (Å²) in [4.78, 5) is 30.1. The molecule has 284 valence electrons. The van der Waals surface area contributed by atoms with Crippen molar-refractivity contribution in [1.82, 2.24) is 34.5 Å². The van der Waals surface area contributed by atoms with E-state index in [1.165, 1.54) is 35.4 Å². The van der Waals surface area contributed by atoms with Crippen LogP contribution in [-0.4, -0.2) is 102 Å². The molecule has 3 N–H and O–H groups in total. The van der Waals surface area contributed by atoms with Gasteiger partial charge < -0.3 is 25.2 Å². The fraction of sp³-hybridized carbons (Fsp3) is 0.462. The molecular weight excluding hydrogens is 701 g/mol. The highest BCUT2D eigenvalue weighted by atomic mass is 19.1. The fourth-order valence-corrected chi connectivity index (χ4v) is 8.46. The summed E-state index contributed by atoms with van der Waals surface area (Å²) in [5.74, 6) is -1.27. The number of nitrogens with one attached hydrogen (secondary N) is 1.